The minimum Gasteiger partial charge on any atom is -0.384 e. The largest absolute Gasteiger partial charge is 0.416 e. The fraction of sp³-hybridized carbons (Fsp3) is 0.100. The number of aromatic nitrogens is 5. The summed E-state index contributed by atoms with van der Waals surface area (Å²) in [7, 11) is 0. The van der Waals surface area contributed by atoms with Gasteiger partial charge in [0.05, 0.1) is 11.3 Å². The van der Waals surface area contributed by atoms with E-state index in [1.807, 2.05) is 24.3 Å². The molecule has 0 aliphatic heterocycles. The zero-order valence-corrected chi connectivity index (χ0v) is 16.0. The Kier molecular flexibility index (Phi) is 5.15. The lowest BCUT2D eigenvalue weighted by Crippen LogP contribution is -2.05. The molecule has 0 fully saturated rings. The number of rotatable bonds is 5. The Morgan fingerprint density at radius 2 is 1.71 bits per heavy atom. The van der Waals surface area contributed by atoms with Crippen molar-refractivity contribution in [3.8, 4) is 11.4 Å². The second kappa shape index (κ2) is 7.94. The molecule has 158 valence electrons. The zero-order valence-electron chi connectivity index (χ0n) is 16.0. The first-order valence-corrected chi connectivity index (χ1v) is 9.11. The van der Waals surface area contributed by atoms with Gasteiger partial charge in [-0.1, -0.05) is 30.3 Å². The smallest absolute Gasteiger partial charge is 0.384 e. The lowest BCUT2D eigenvalue weighted by atomic mass is 10.1. The molecule has 0 spiro atoms. The van der Waals surface area contributed by atoms with Crippen molar-refractivity contribution in [2.75, 3.05) is 16.8 Å². The molecular formula is C20H17F3N8. The zero-order chi connectivity index (χ0) is 22.0. The van der Waals surface area contributed by atoms with Crippen LogP contribution in [0.25, 0.3) is 11.4 Å². The molecule has 0 amide bonds. The maximum absolute atomic E-state index is 12.9. The SMILES string of the molecule is Nc1cc(Cc2ccc(-c3nc(Nc4cccc(C(F)(F)F)c4)n[nH]3)cc2)nc(N)n1. The van der Waals surface area contributed by atoms with Crippen LogP contribution < -0.4 is 16.8 Å². The molecule has 0 saturated carbocycles. The molecule has 0 unspecified atom stereocenters. The number of anilines is 4. The summed E-state index contributed by atoms with van der Waals surface area (Å²) >= 11 is 0. The van der Waals surface area contributed by atoms with Crippen LogP contribution >= 0.6 is 0 Å². The molecule has 2 heterocycles. The van der Waals surface area contributed by atoms with Gasteiger partial charge in [-0.25, -0.2) is 4.98 Å². The molecule has 2 aromatic carbocycles. The van der Waals surface area contributed by atoms with E-state index in [0.717, 1.165) is 23.3 Å². The molecule has 6 N–H and O–H groups in total. The van der Waals surface area contributed by atoms with E-state index in [1.54, 1.807) is 6.07 Å². The molecule has 0 saturated heterocycles. The summed E-state index contributed by atoms with van der Waals surface area (Å²) in [6.45, 7) is 0. The normalized spacial score (nSPS) is 11.5. The molecule has 0 radical (unpaired) electrons. The van der Waals surface area contributed by atoms with Crippen LogP contribution in [0.3, 0.4) is 0 Å². The molecular weight excluding hydrogens is 409 g/mol. The summed E-state index contributed by atoms with van der Waals surface area (Å²) in [6, 6.07) is 14.0. The standard InChI is InChI=1S/C20H17F3N8/c21-20(22,23)13-2-1-3-14(9-13)27-19-29-17(30-31-19)12-6-4-11(5-7-12)8-15-10-16(24)28-18(25)26-15/h1-7,9-10H,8H2,(H4,24,25,26,28)(H2,27,29,30,31). The van der Waals surface area contributed by atoms with E-state index in [0.29, 0.717) is 23.8 Å². The number of nitrogens with two attached hydrogens (primary N) is 2. The van der Waals surface area contributed by atoms with Crippen molar-refractivity contribution in [1.29, 1.82) is 0 Å². The first-order valence-electron chi connectivity index (χ1n) is 9.11. The van der Waals surface area contributed by atoms with Crippen molar-refractivity contribution in [2.45, 2.75) is 12.6 Å². The van der Waals surface area contributed by atoms with Crippen LogP contribution in [0.4, 0.5) is 36.6 Å². The Hall–Kier alpha value is -4.15. The van der Waals surface area contributed by atoms with Crippen molar-refractivity contribution in [2.24, 2.45) is 0 Å². The lowest BCUT2D eigenvalue weighted by Gasteiger charge is -2.08. The third kappa shape index (κ3) is 4.89. The van der Waals surface area contributed by atoms with Crippen molar-refractivity contribution in [3.63, 3.8) is 0 Å². The van der Waals surface area contributed by atoms with Crippen LogP contribution in [-0.2, 0) is 12.6 Å². The van der Waals surface area contributed by atoms with Gasteiger partial charge in [-0.05, 0) is 23.8 Å². The number of alkyl halides is 3. The first kappa shape index (κ1) is 20.1. The molecule has 4 rings (SSSR count). The van der Waals surface area contributed by atoms with Gasteiger partial charge in [-0.3, -0.25) is 5.10 Å². The summed E-state index contributed by atoms with van der Waals surface area (Å²) in [4.78, 5) is 12.3. The fourth-order valence-electron chi connectivity index (χ4n) is 2.97. The number of nitrogens with one attached hydrogen (secondary N) is 2. The highest BCUT2D eigenvalue weighted by Crippen LogP contribution is 2.31. The minimum atomic E-state index is -4.42. The van der Waals surface area contributed by atoms with Gasteiger partial charge in [0, 0.05) is 23.7 Å². The van der Waals surface area contributed by atoms with Crippen LogP contribution in [0.5, 0.6) is 0 Å². The summed E-state index contributed by atoms with van der Waals surface area (Å²) < 4.78 is 38.6. The van der Waals surface area contributed by atoms with Crippen molar-refractivity contribution in [3.05, 3.63) is 71.4 Å². The van der Waals surface area contributed by atoms with Gasteiger partial charge in [-0.2, -0.15) is 23.1 Å². The molecule has 11 heteroatoms. The van der Waals surface area contributed by atoms with Crippen LogP contribution in [0, 0.1) is 0 Å². The van der Waals surface area contributed by atoms with Gasteiger partial charge < -0.3 is 16.8 Å². The summed E-state index contributed by atoms with van der Waals surface area (Å²) in [6.07, 6.45) is -3.90. The number of nitrogens with zero attached hydrogens (tertiary/aromatic N) is 4. The van der Waals surface area contributed by atoms with Crippen LogP contribution in [0.15, 0.2) is 54.6 Å². The van der Waals surface area contributed by atoms with E-state index in [2.05, 4.69) is 30.5 Å². The number of H-pyrrole nitrogens is 1. The number of halogens is 3. The Labute approximate surface area is 174 Å². The predicted molar refractivity (Wildman–Crippen MR) is 110 cm³/mol. The molecule has 31 heavy (non-hydrogen) atoms. The second-order valence-corrected chi connectivity index (χ2v) is 6.73. The molecule has 0 atom stereocenters. The molecule has 0 aliphatic rings. The van der Waals surface area contributed by atoms with Gasteiger partial charge in [0.2, 0.25) is 11.9 Å². The van der Waals surface area contributed by atoms with Crippen LogP contribution in [0.2, 0.25) is 0 Å². The molecule has 4 aromatic rings. The topological polar surface area (TPSA) is 131 Å². The predicted octanol–water partition coefficient (Wildman–Crippen LogP) is 3.78. The highest BCUT2D eigenvalue weighted by Gasteiger charge is 2.30. The van der Waals surface area contributed by atoms with Crippen molar-refractivity contribution in [1.82, 2.24) is 25.1 Å². The quantitative estimate of drug-likeness (QED) is 0.382. The highest BCUT2D eigenvalue weighted by molar-refractivity contribution is 5.60. The van der Waals surface area contributed by atoms with Gasteiger partial charge in [0.25, 0.3) is 0 Å². The van der Waals surface area contributed by atoms with E-state index >= 15 is 0 Å². The second-order valence-electron chi connectivity index (χ2n) is 6.73. The number of hydrogen-bond donors (Lipinski definition) is 4. The average Bonchev–Trinajstić information content (AvgIpc) is 3.16. The third-order valence-electron chi connectivity index (χ3n) is 4.36. The molecule has 0 aliphatic carbocycles. The van der Waals surface area contributed by atoms with Crippen molar-refractivity contribution >= 4 is 23.4 Å². The van der Waals surface area contributed by atoms with Crippen LogP contribution in [0.1, 0.15) is 16.8 Å². The Morgan fingerprint density at radius 3 is 2.42 bits per heavy atom. The summed E-state index contributed by atoms with van der Waals surface area (Å²) in [5.74, 6) is 1.05. The molecule has 0 bridgehead atoms. The van der Waals surface area contributed by atoms with E-state index in [-0.39, 0.29) is 17.6 Å². The van der Waals surface area contributed by atoms with Gasteiger partial charge in [0.15, 0.2) is 5.82 Å². The number of nitrogen functional groups attached to an aromatic ring is 2. The Balaban J connectivity index is 1.47. The third-order valence-corrected chi connectivity index (χ3v) is 4.36. The van der Waals surface area contributed by atoms with Crippen LogP contribution in [-0.4, -0.2) is 25.1 Å². The maximum atomic E-state index is 12.9. The summed E-state index contributed by atoms with van der Waals surface area (Å²) in [5.41, 5.74) is 13.2. The average molecular weight is 426 g/mol. The van der Waals surface area contributed by atoms with Crippen molar-refractivity contribution < 1.29 is 13.2 Å². The maximum Gasteiger partial charge on any atom is 0.416 e. The van der Waals surface area contributed by atoms with E-state index in [1.165, 1.54) is 12.1 Å². The van der Waals surface area contributed by atoms with Gasteiger partial charge in [0.1, 0.15) is 5.82 Å². The fourth-order valence-corrected chi connectivity index (χ4v) is 2.97. The number of benzene rings is 2. The van der Waals surface area contributed by atoms with E-state index in [9.17, 15) is 13.2 Å². The van der Waals surface area contributed by atoms with Gasteiger partial charge >= 0.3 is 6.18 Å². The minimum absolute atomic E-state index is 0.120. The van der Waals surface area contributed by atoms with E-state index < -0.39 is 11.7 Å². The molecule has 2 aromatic heterocycles. The number of hydrogen-bond acceptors (Lipinski definition) is 7. The lowest BCUT2D eigenvalue weighted by molar-refractivity contribution is -0.137. The summed E-state index contributed by atoms with van der Waals surface area (Å²) in [5, 5.41) is 9.56. The van der Waals surface area contributed by atoms with E-state index in [4.69, 9.17) is 11.5 Å². The Morgan fingerprint density at radius 1 is 0.935 bits per heavy atom. The monoisotopic (exact) mass is 426 g/mol. The van der Waals surface area contributed by atoms with Gasteiger partial charge in [-0.15, -0.1) is 5.10 Å². The number of aromatic amines is 1. The molecule has 8 nitrogen and oxygen atoms in total. The first-order chi connectivity index (χ1) is 14.8. The highest BCUT2D eigenvalue weighted by atomic mass is 19.4. The Bertz CT molecular complexity index is 1180.